The van der Waals surface area contributed by atoms with Gasteiger partial charge in [0.25, 0.3) is 5.91 Å². The molecule has 0 atom stereocenters. The van der Waals surface area contributed by atoms with Crippen LogP contribution >= 0.6 is 11.8 Å². The van der Waals surface area contributed by atoms with Crippen molar-refractivity contribution in [1.29, 1.82) is 0 Å². The molecule has 0 aliphatic rings. The molecule has 0 saturated heterocycles. The zero-order valence-corrected chi connectivity index (χ0v) is 12.2. The molecule has 0 spiro atoms. The molecular weight excluding hydrogens is 307 g/mol. The summed E-state index contributed by atoms with van der Waals surface area (Å²) in [7, 11) is 0. The first-order chi connectivity index (χ1) is 9.64. The lowest BCUT2D eigenvalue weighted by Crippen LogP contribution is -2.42. The molecule has 116 valence electrons. The summed E-state index contributed by atoms with van der Waals surface area (Å²) in [6, 6.07) is 4.82. The van der Waals surface area contributed by atoms with Gasteiger partial charge in [-0.1, -0.05) is 6.07 Å². The van der Waals surface area contributed by atoms with Crippen LogP contribution in [0.1, 0.15) is 15.9 Å². The van der Waals surface area contributed by atoms with Gasteiger partial charge in [-0.15, -0.1) is 11.8 Å². The molecule has 0 aromatic heterocycles. The molecule has 0 bridgehead atoms. The van der Waals surface area contributed by atoms with E-state index in [4.69, 9.17) is 5.11 Å². The first-order valence-electron chi connectivity index (χ1n) is 5.86. The lowest BCUT2D eigenvalue weighted by molar-refractivity contribution is -0.149. The molecule has 0 aliphatic heterocycles. The van der Waals surface area contributed by atoms with Crippen LogP contribution in [0.3, 0.4) is 0 Å². The van der Waals surface area contributed by atoms with Gasteiger partial charge in [-0.2, -0.15) is 13.2 Å². The van der Waals surface area contributed by atoms with Crippen molar-refractivity contribution in [3.05, 3.63) is 29.3 Å². The molecule has 0 saturated carbocycles. The Bertz CT molecular complexity index is 546. The molecule has 1 aromatic rings. The highest BCUT2D eigenvalue weighted by molar-refractivity contribution is 7.98. The summed E-state index contributed by atoms with van der Waals surface area (Å²) in [5, 5.41) is 8.68. The molecule has 0 aliphatic carbocycles. The molecule has 1 N–H and O–H groups in total. The topological polar surface area (TPSA) is 57.6 Å². The minimum Gasteiger partial charge on any atom is -0.480 e. The maximum Gasteiger partial charge on any atom is 0.406 e. The number of carbonyl (C=O) groups is 2. The zero-order chi connectivity index (χ0) is 16.2. The second-order valence-corrected chi connectivity index (χ2v) is 5.23. The number of benzene rings is 1. The van der Waals surface area contributed by atoms with Crippen LogP contribution in [0.4, 0.5) is 13.2 Å². The Balaban J connectivity index is 3.12. The van der Waals surface area contributed by atoms with Gasteiger partial charge in [0.2, 0.25) is 0 Å². The van der Waals surface area contributed by atoms with Crippen molar-refractivity contribution in [3.63, 3.8) is 0 Å². The number of alkyl halides is 3. The average Bonchev–Trinajstić information content (AvgIpc) is 2.35. The number of carbonyl (C=O) groups excluding carboxylic acids is 1. The van der Waals surface area contributed by atoms with Crippen molar-refractivity contribution < 1.29 is 27.9 Å². The normalized spacial score (nSPS) is 11.3. The van der Waals surface area contributed by atoms with E-state index in [9.17, 15) is 22.8 Å². The van der Waals surface area contributed by atoms with Gasteiger partial charge >= 0.3 is 12.1 Å². The molecule has 1 rings (SSSR count). The number of carboxylic acids is 1. The van der Waals surface area contributed by atoms with Gasteiger partial charge in [0.1, 0.15) is 13.1 Å². The van der Waals surface area contributed by atoms with Crippen LogP contribution in [0.25, 0.3) is 0 Å². The fraction of sp³-hybridized carbons (Fsp3) is 0.385. The predicted octanol–water partition coefficient (Wildman–Crippen LogP) is 2.81. The van der Waals surface area contributed by atoms with E-state index in [1.165, 1.54) is 17.8 Å². The van der Waals surface area contributed by atoms with Gasteiger partial charge in [0.15, 0.2) is 0 Å². The van der Waals surface area contributed by atoms with Crippen molar-refractivity contribution in [2.24, 2.45) is 0 Å². The number of aliphatic carboxylic acids is 1. The van der Waals surface area contributed by atoms with Crippen molar-refractivity contribution in [3.8, 4) is 0 Å². The number of amides is 1. The van der Waals surface area contributed by atoms with Gasteiger partial charge in [0, 0.05) is 10.5 Å². The molecule has 21 heavy (non-hydrogen) atoms. The maximum atomic E-state index is 12.5. The molecule has 1 aromatic carbocycles. The van der Waals surface area contributed by atoms with Crippen LogP contribution in [-0.2, 0) is 4.79 Å². The molecule has 0 heterocycles. The minimum absolute atomic E-state index is 0.0762. The predicted molar refractivity (Wildman–Crippen MR) is 72.6 cm³/mol. The van der Waals surface area contributed by atoms with Gasteiger partial charge in [-0.05, 0) is 30.9 Å². The Morgan fingerprint density at radius 3 is 2.43 bits per heavy atom. The highest BCUT2D eigenvalue weighted by Gasteiger charge is 2.34. The second-order valence-electron chi connectivity index (χ2n) is 4.35. The number of halogens is 3. The van der Waals surface area contributed by atoms with E-state index in [0.29, 0.717) is 10.5 Å². The number of rotatable bonds is 5. The monoisotopic (exact) mass is 321 g/mol. The summed E-state index contributed by atoms with van der Waals surface area (Å²) in [5.74, 6) is -2.44. The first kappa shape index (κ1) is 17.4. The number of nitrogens with zero attached hydrogens (tertiary/aromatic N) is 1. The number of carboxylic acid groups (broad SMARTS) is 1. The third-order valence-electron chi connectivity index (χ3n) is 2.66. The molecule has 1 amide bonds. The van der Waals surface area contributed by atoms with E-state index < -0.39 is 31.1 Å². The summed E-state index contributed by atoms with van der Waals surface area (Å²) in [6.07, 6.45) is -2.89. The van der Waals surface area contributed by atoms with E-state index in [2.05, 4.69) is 0 Å². The Labute approximate surface area is 123 Å². The van der Waals surface area contributed by atoms with Crippen LogP contribution in [-0.4, -0.2) is 47.4 Å². The highest BCUT2D eigenvalue weighted by atomic mass is 32.2. The number of thioether (sulfide) groups is 1. The maximum absolute atomic E-state index is 12.5. The molecule has 0 unspecified atom stereocenters. The largest absolute Gasteiger partial charge is 0.480 e. The average molecular weight is 321 g/mol. The fourth-order valence-corrected chi connectivity index (χ4v) is 2.15. The molecular formula is C13H14F3NO3S. The van der Waals surface area contributed by atoms with E-state index in [-0.39, 0.29) is 10.5 Å². The van der Waals surface area contributed by atoms with Crippen molar-refractivity contribution in [2.75, 3.05) is 19.3 Å². The standard InChI is InChI=1S/C13H14F3NO3S/c1-8-3-4-9(21-2)5-10(8)12(20)17(6-11(18)19)7-13(14,15)16/h3-5H,6-7H2,1-2H3,(H,18,19). The Morgan fingerprint density at radius 1 is 1.33 bits per heavy atom. The van der Waals surface area contributed by atoms with E-state index >= 15 is 0 Å². The van der Waals surface area contributed by atoms with Crippen LogP contribution in [0.2, 0.25) is 0 Å². The van der Waals surface area contributed by atoms with E-state index in [0.717, 1.165) is 0 Å². The van der Waals surface area contributed by atoms with Crippen LogP contribution in [0, 0.1) is 6.92 Å². The van der Waals surface area contributed by atoms with Gasteiger partial charge in [-0.25, -0.2) is 0 Å². The SMILES string of the molecule is CSc1ccc(C)c(C(=O)N(CC(=O)O)CC(F)(F)F)c1. The van der Waals surface area contributed by atoms with Crippen LogP contribution in [0.15, 0.2) is 23.1 Å². The Morgan fingerprint density at radius 2 is 1.95 bits per heavy atom. The van der Waals surface area contributed by atoms with Crippen molar-refractivity contribution >= 4 is 23.6 Å². The third kappa shape index (κ3) is 5.30. The van der Waals surface area contributed by atoms with Gasteiger partial charge in [0.05, 0.1) is 0 Å². The second kappa shape index (κ2) is 6.84. The number of aryl methyl sites for hydroxylation is 1. The highest BCUT2D eigenvalue weighted by Crippen LogP contribution is 2.22. The zero-order valence-electron chi connectivity index (χ0n) is 11.4. The molecule has 0 radical (unpaired) electrons. The Kier molecular flexibility index (Phi) is 5.65. The quantitative estimate of drug-likeness (QED) is 0.847. The lowest BCUT2D eigenvalue weighted by Gasteiger charge is -2.23. The summed E-state index contributed by atoms with van der Waals surface area (Å²) in [5.41, 5.74) is 0.572. The summed E-state index contributed by atoms with van der Waals surface area (Å²) < 4.78 is 37.5. The molecule has 4 nitrogen and oxygen atoms in total. The fourth-order valence-electron chi connectivity index (χ4n) is 1.71. The Hall–Kier alpha value is -1.70. The summed E-state index contributed by atoms with van der Waals surface area (Å²) in [6.45, 7) is -1.01. The molecule has 8 heteroatoms. The molecule has 0 fully saturated rings. The number of hydrogen-bond donors (Lipinski definition) is 1. The van der Waals surface area contributed by atoms with Gasteiger partial charge in [-0.3, -0.25) is 9.59 Å². The minimum atomic E-state index is -4.66. The van der Waals surface area contributed by atoms with Crippen LogP contribution in [0.5, 0.6) is 0 Å². The van der Waals surface area contributed by atoms with Crippen LogP contribution < -0.4 is 0 Å². The third-order valence-corrected chi connectivity index (χ3v) is 3.38. The van der Waals surface area contributed by atoms with Crippen molar-refractivity contribution in [1.82, 2.24) is 4.90 Å². The number of hydrogen-bond acceptors (Lipinski definition) is 3. The first-order valence-corrected chi connectivity index (χ1v) is 7.09. The summed E-state index contributed by atoms with van der Waals surface area (Å²) in [4.78, 5) is 23.9. The van der Waals surface area contributed by atoms with Crippen molar-refractivity contribution in [2.45, 2.75) is 18.0 Å². The summed E-state index contributed by atoms with van der Waals surface area (Å²) >= 11 is 1.34. The van der Waals surface area contributed by atoms with E-state index in [1.54, 1.807) is 25.3 Å². The van der Waals surface area contributed by atoms with Gasteiger partial charge < -0.3 is 10.0 Å². The van der Waals surface area contributed by atoms with E-state index in [1.807, 2.05) is 0 Å². The smallest absolute Gasteiger partial charge is 0.406 e. The lowest BCUT2D eigenvalue weighted by atomic mass is 10.1.